The number of ether oxygens (including phenoxy) is 2. The lowest BCUT2D eigenvalue weighted by molar-refractivity contribution is 0.182. The Kier molecular flexibility index (Phi) is 3.87. The second-order valence-electron chi connectivity index (χ2n) is 3.91. The van der Waals surface area contributed by atoms with Crippen LogP contribution in [-0.2, 0) is 16.0 Å². The van der Waals surface area contributed by atoms with E-state index in [1.807, 2.05) is 11.6 Å². The van der Waals surface area contributed by atoms with Crippen molar-refractivity contribution in [3.05, 3.63) is 12.2 Å². The molecule has 2 unspecified atom stereocenters. The summed E-state index contributed by atoms with van der Waals surface area (Å²) in [6.07, 6.45) is 1.75. The Morgan fingerprint density at radius 1 is 1.62 bits per heavy atom. The molecule has 2 atom stereocenters. The Bertz CT molecular complexity index is 328. The summed E-state index contributed by atoms with van der Waals surface area (Å²) in [5.74, 6) is 1.26. The van der Waals surface area contributed by atoms with Crippen LogP contribution in [0.1, 0.15) is 11.7 Å². The summed E-state index contributed by atoms with van der Waals surface area (Å²) in [5, 5.41) is 11.4. The van der Waals surface area contributed by atoms with Gasteiger partial charge >= 0.3 is 0 Å². The van der Waals surface area contributed by atoms with E-state index in [-0.39, 0.29) is 5.92 Å². The largest absolute Gasteiger partial charge is 0.383 e. The van der Waals surface area contributed by atoms with Crippen LogP contribution >= 0.6 is 0 Å². The molecule has 2 rings (SSSR count). The molecular formula is C10H18N4O2. The van der Waals surface area contributed by atoms with Crippen molar-refractivity contribution in [2.75, 3.05) is 34.0 Å². The van der Waals surface area contributed by atoms with Gasteiger partial charge in [0.15, 0.2) is 0 Å². The predicted molar refractivity (Wildman–Crippen MR) is 58.3 cm³/mol. The molecule has 1 saturated heterocycles. The maximum Gasteiger partial charge on any atom is 0.139 e. The zero-order valence-electron chi connectivity index (χ0n) is 9.72. The van der Waals surface area contributed by atoms with Gasteiger partial charge in [-0.3, -0.25) is 0 Å². The summed E-state index contributed by atoms with van der Waals surface area (Å²) in [5.41, 5.74) is 0. The standard InChI is InChI=1S/C10H18N4O2/c1-11-9-6-16-5-8(9)10-13-12-7-14(10)3-4-15-2/h7-9,11H,3-6H2,1-2H3. The van der Waals surface area contributed by atoms with Crippen LogP contribution in [0.2, 0.25) is 0 Å². The topological polar surface area (TPSA) is 61.2 Å². The molecule has 1 aromatic heterocycles. The lowest BCUT2D eigenvalue weighted by Crippen LogP contribution is -2.32. The van der Waals surface area contributed by atoms with Gasteiger partial charge in [-0.1, -0.05) is 0 Å². The number of hydrogen-bond acceptors (Lipinski definition) is 5. The highest BCUT2D eigenvalue weighted by Gasteiger charge is 2.31. The van der Waals surface area contributed by atoms with Gasteiger partial charge in [-0.15, -0.1) is 10.2 Å². The minimum Gasteiger partial charge on any atom is -0.383 e. The van der Waals surface area contributed by atoms with Gasteiger partial charge in [-0.2, -0.15) is 0 Å². The Morgan fingerprint density at radius 3 is 3.25 bits per heavy atom. The average molecular weight is 226 g/mol. The molecule has 16 heavy (non-hydrogen) atoms. The molecule has 0 radical (unpaired) electrons. The molecule has 1 aliphatic rings. The SMILES string of the molecule is CNC1COCC1c1nncn1CCOC. The molecule has 2 heterocycles. The first-order valence-corrected chi connectivity index (χ1v) is 5.48. The van der Waals surface area contributed by atoms with Crippen LogP contribution in [0.4, 0.5) is 0 Å². The summed E-state index contributed by atoms with van der Waals surface area (Å²) in [6, 6.07) is 0.325. The highest BCUT2D eigenvalue weighted by Crippen LogP contribution is 2.23. The molecule has 6 heteroatoms. The van der Waals surface area contributed by atoms with Crippen LogP contribution in [0.5, 0.6) is 0 Å². The fraction of sp³-hybridized carbons (Fsp3) is 0.800. The second kappa shape index (κ2) is 5.38. The Labute approximate surface area is 94.9 Å². The van der Waals surface area contributed by atoms with Gasteiger partial charge in [0.2, 0.25) is 0 Å². The van der Waals surface area contributed by atoms with Crippen molar-refractivity contribution >= 4 is 0 Å². The third-order valence-electron chi connectivity index (χ3n) is 2.96. The van der Waals surface area contributed by atoms with Gasteiger partial charge in [0, 0.05) is 19.7 Å². The molecular weight excluding hydrogens is 208 g/mol. The van der Waals surface area contributed by atoms with Gasteiger partial charge in [0.25, 0.3) is 0 Å². The Hall–Kier alpha value is -0.980. The van der Waals surface area contributed by atoms with Gasteiger partial charge < -0.3 is 19.4 Å². The van der Waals surface area contributed by atoms with Gasteiger partial charge in [-0.05, 0) is 7.05 Å². The zero-order valence-corrected chi connectivity index (χ0v) is 9.72. The summed E-state index contributed by atoms with van der Waals surface area (Å²) in [7, 11) is 3.64. The monoisotopic (exact) mass is 226 g/mol. The zero-order chi connectivity index (χ0) is 11.4. The first-order chi connectivity index (χ1) is 7.86. The number of nitrogens with one attached hydrogen (secondary N) is 1. The third kappa shape index (κ3) is 2.23. The van der Waals surface area contributed by atoms with Crippen molar-refractivity contribution in [2.24, 2.45) is 0 Å². The summed E-state index contributed by atoms with van der Waals surface area (Å²) >= 11 is 0. The highest BCUT2D eigenvalue weighted by molar-refractivity contribution is 5.04. The minimum atomic E-state index is 0.282. The van der Waals surface area contributed by atoms with Crippen molar-refractivity contribution in [1.82, 2.24) is 20.1 Å². The molecule has 0 aliphatic carbocycles. The molecule has 1 aliphatic heterocycles. The van der Waals surface area contributed by atoms with E-state index in [9.17, 15) is 0 Å². The molecule has 1 fully saturated rings. The highest BCUT2D eigenvalue weighted by atomic mass is 16.5. The minimum absolute atomic E-state index is 0.282. The lowest BCUT2D eigenvalue weighted by atomic mass is 10.0. The van der Waals surface area contributed by atoms with Crippen LogP contribution in [0, 0.1) is 0 Å². The molecule has 0 spiro atoms. The maximum atomic E-state index is 5.47. The van der Waals surface area contributed by atoms with E-state index in [2.05, 4.69) is 15.5 Å². The first kappa shape index (κ1) is 11.5. The predicted octanol–water partition coefficient (Wildman–Crippen LogP) is -0.374. The van der Waals surface area contributed by atoms with E-state index in [1.165, 1.54) is 0 Å². The van der Waals surface area contributed by atoms with E-state index in [4.69, 9.17) is 9.47 Å². The van der Waals surface area contributed by atoms with Crippen molar-refractivity contribution in [2.45, 2.75) is 18.5 Å². The fourth-order valence-electron chi connectivity index (χ4n) is 2.01. The molecule has 90 valence electrons. The van der Waals surface area contributed by atoms with Crippen LogP contribution in [-0.4, -0.2) is 54.8 Å². The molecule has 1 N–H and O–H groups in total. The number of methoxy groups -OCH3 is 1. The quantitative estimate of drug-likeness (QED) is 0.742. The van der Waals surface area contributed by atoms with Crippen LogP contribution in [0.25, 0.3) is 0 Å². The molecule has 1 aromatic rings. The van der Waals surface area contributed by atoms with Crippen molar-refractivity contribution in [3.63, 3.8) is 0 Å². The van der Waals surface area contributed by atoms with Gasteiger partial charge in [0.05, 0.1) is 25.7 Å². The summed E-state index contributed by atoms with van der Waals surface area (Å²) in [4.78, 5) is 0. The van der Waals surface area contributed by atoms with E-state index in [1.54, 1.807) is 13.4 Å². The van der Waals surface area contributed by atoms with E-state index in [0.29, 0.717) is 19.3 Å². The number of aromatic nitrogens is 3. The van der Waals surface area contributed by atoms with Gasteiger partial charge in [-0.25, -0.2) is 0 Å². The number of nitrogens with zero attached hydrogens (tertiary/aromatic N) is 3. The van der Waals surface area contributed by atoms with E-state index in [0.717, 1.165) is 19.0 Å². The fourth-order valence-corrected chi connectivity index (χ4v) is 2.01. The van der Waals surface area contributed by atoms with Crippen molar-refractivity contribution in [3.8, 4) is 0 Å². The summed E-state index contributed by atoms with van der Waals surface area (Å²) in [6.45, 7) is 2.89. The van der Waals surface area contributed by atoms with Crippen LogP contribution in [0.3, 0.4) is 0 Å². The van der Waals surface area contributed by atoms with E-state index >= 15 is 0 Å². The molecule has 6 nitrogen and oxygen atoms in total. The van der Waals surface area contributed by atoms with E-state index < -0.39 is 0 Å². The summed E-state index contributed by atoms with van der Waals surface area (Å²) < 4.78 is 12.6. The van der Waals surface area contributed by atoms with Gasteiger partial charge in [0.1, 0.15) is 12.2 Å². The molecule has 0 amide bonds. The third-order valence-corrected chi connectivity index (χ3v) is 2.96. The average Bonchev–Trinajstić information content (AvgIpc) is 2.93. The van der Waals surface area contributed by atoms with Crippen molar-refractivity contribution in [1.29, 1.82) is 0 Å². The Balaban J connectivity index is 2.10. The molecule has 0 bridgehead atoms. The molecule has 0 aromatic carbocycles. The second-order valence-corrected chi connectivity index (χ2v) is 3.91. The van der Waals surface area contributed by atoms with Crippen molar-refractivity contribution < 1.29 is 9.47 Å². The smallest absolute Gasteiger partial charge is 0.139 e. The maximum absolute atomic E-state index is 5.47. The van der Waals surface area contributed by atoms with Crippen LogP contribution < -0.4 is 5.32 Å². The number of hydrogen-bond donors (Lipinski definition) is 1. The lowest BCUT2D eigenvalue weighted by Gasteiger charge is -2.16. The number of likely N-dealkylation sites (N-methyl/N-ethyl adjacent to an activating group) is 1. The normalized spacial score (nSPS) is 25.1. The first-order valence-electron chi connectivity index (χ1n) is 5.48. The van der Waals surface area contributed by atoms with Crippen LogP contribution in [0.15, 0.2) is 6.33 Å². The Morgan fingerprint density at radius 2 is 2.50 bits per heavy atom. The molecule has 0 saturated carbocycles. The number of rotatable bonds is 5.